The molecule has 88 valence electrons. The molecule has 0 radical (unpaired) electrons. The normalized spacial score (nSPS) is 34.2. The van der Waals surface area contributed by atoms with E-state index in [1.807, 2.05) is 0 Å². The van der Waals surface area contributed by atoms with Crippen LogP contribution in [0, 0.1) is 11.8 Å². The highest BCUT2D eigenvalue weighted by Gasteiger charge is 2.27. The SMILES string of the molecule is OCC1CCCNC1CC1CCCCC1. The van der Waals surface area contributed by atoms with E-state index in [9.17, 15) is 5.11 Å². The first-order valence-electron chi connectivity index (χ1n) is 6.74. The molecule has 1 heterocycles. The molecule has 0 spiro atoms. The Labute approximate surface area is 93.5 Å². The van der Waals surface area contributed by atoms with Gasteiger partial charge in [0.15, 0.2) is 0 Å². The minimum atomic E-state index is 0.379. The van der Waals surface area contributed by atoms with Crippen molar-refractivity contribution >= 4 is 0 Å². The minimum absolute atomic E-state index is 0.379. The Hall–Kier alpha value is -0.0800. The Morgan fingerprint density at radius 3 is 2.53 bits per heavy atom. The van der Waals surface area contributed by atoms with E-state index in [4.69, 9.17) is 0 Å². The highest BCUT2D eigenvalue weighted by Crippen LogP contribution is 2.30. The molecule has 1 saturated carbocycles. The predicted octanol–water partition coefficient (Wildman–Crippen LogP) is 2.32. The molecule has 0 aromatic rings. The van der Waals surface area contributed by atoms with Gasteiger partial charge in [-0.3, -0.25) is 0 Å². The van der Waals surface area contributed by atoms with E-state index >= 15 is 0 Å². The smallest absolute Gasteiger partial charge is 0.0474 e. The maximum Gasteiger partial charge on any atom is 0.0474 e. The molecule has 2 aliphatic rings. The number of hydrogen-bond donors (Lipinski definition) is 2. The summed E-state index contributed by atoms with van der Waals surface area (Å²) in [6.07, 6.45) is 10.9. The largest absolute Gasteiger partial charge is 0.396 e. The summed E-state index contributed by atoms with van der Waals surface area (Å²) < 4.78 is 0. The fraction of sp³-hybridized carbons (Fsp3) is 1.00. The molecular formula is C13H25NO. The molecule has 2 atom stereocenters. The minimum Gasteiger partial charge on any atom is -0.396 e. The van der Waals surface area contributed by atoms with Gasteiger partial charge in [0, 0.05) is 12.6 Å². The van der Waals surface area contributed by atoms with Crippen molar-refractivity contribution in [1.82, 2.24) is 5.32 Å². The molecule has 2 heteroatoms. The van der Waals surface area contributed by atoms with Gasteiger partial charge in [-0.05, 0) is 37.6 Å². The van der Waals surface area contributed by atoms with Crippen molar-refractivity contribution in [3.63, 3.8) is 0 Å². The Morgan fingerprint density at radius 2 is 1.80 bits per heavy atom. The lowest BCUT2D eigenvalue weighted by Crippen LogP contribution is -2.44. The third-order valence-corrected chi connectivity index (χ3v) is 4.27. The van der Waals surface area contributed by atoms with Crippen LogP contribution in [0.2, 0.25) is 0 Å². The van der Waals surface area contributed by atoms with Gasteiger partial charge in [-0.15, -0.1) is 0 Å². The molecular weight excluding hydrogens is 186 g/mol. The summed E-state index contributed by atoms with van der Waals surface area (Å²) >= 11 is 0. The summed E-state index contributed by atoms with van der Waals surface area (Å²) in [6.45, 7) is 1.54. The van der Waals surface area contributed by atoms with Crippen LogP contribution >= 0.6 is 0 Å². The predicted molar refractivity (Wildman–Crippen MR) is 62.8 cm³/mol. The zero-order chi connectivity index (χ0) is 10.5. The second kappa shape index (κ2) is 5.86. The number of piperidine rings is 1. The van der Waals surface area contributed by atoms with Crippen LogP contribution < -0.4 is 5.32 Å². The van der Waals surface area contributed by atoms with E-state index < -0.39 is 0 Å². The first-order chi connectivity index (χ1) is 7.40. The summed E-state index contributed by atoms with van der Waals surface area (Å²) in [5, 5.41) is 13.0. The number of aliphatic hydroxyl groups excluding tert-OH is 1. The van der Waals surface area contributed by atoms with Crippen LogP contribution in [0.25, 0.3) is 0 Å². The maximum atomic E-state index is 9.35. The highest BCUT2D eigenvalue weighted by molar-refractivity contribution is 4.83. The van der Waals surface area contributed by atoms with Gasteiger partial charge < -0.3 is 10.4 Å². The van der Waals surface area contributed by atoms with Gasteiger partial charge in [-0.1, -0.05) is 32.1 Å². The maximum absolute atomic E-state index is 9.35. The number of hydrogen-bond acceptors (Lipinski definition) is 2. The molecule has 2 rings (SSSR count). The van der Waals surface area contributed by atoms with Gasteiger partial charge in [0.1, 0.15) is 0 Å². The van der Waals surface area contributed by atoms with Crippen molar-refractivity contribution in [3.8, 4) is 0 Å². The average Bonchev–Trinajstić information content (AvgIpc) is 2.31. The Kier molecular flexibility index (Phi) is 4.45. The molecule has 1 aliphatic heterocycles. The first-order valence-corrected chi connectivity index (χ1v) is 6.74. The molecule has 2 nitrogen and oxygen atoms in total. The van der Waals surface area contributed by atoms with Gasteiger partial charge in [-0.2, -0.15) is 0 Å². The number of aliphatic hydroxyl groups is 1. The Morgan fingerprint density at radius 1 is 1.00 bits per heavy atom. The summed E-state index contributed by atoms with van der Waals surface area (Å²) in [4.78, 5) is 0. The molecule has 0 aromatic carbocycles. The third kappa shape index (κ3) is 3.18. The van der Waals surface area contributed by atoms with Crippen molar-refractivity contribution in [2.75, 3.05) is 13.2 Å². The van der Waals surface area contributed by atoms with E-state index in [1.54, 1.807) is 0 Å². The zero-order valence-electron chi connectivity index (χ0n) is 9.75. The van der Waals surface area contributed by atoms with Crippen LogP contribution in [-0.4, -0.2) is 24.3 Å². The quantitative estimate of drug-likeness (QED) is 0.751. The molecule has 15 heavy (non-hydrogen) atoms. The fourth-order valence-electron chi connectivity index (χ4n) is 3.30. The summed E-state index contributed by atoms with van der Waals surface area (Å²) in [7, 11) is 0. The fourth-order valence-corrected chi connectivity index (χ4v) is 3.30. The van der Waals surface area contributed by atoms with Crippen molar-refractivity contribution in [2.45, 2.75) is 57.4 Å². The van der Waals surface area contributed by atoms with Crippen LogP contribution in [-0.2, 0) is 0 Å². The average molecular weight is 211 g/mol. The van der Waals surface area contributed by atoms with Crippen LogP contribution in [0.15, 0.2) is 0 Å². The van der Waals surface area contributed by atoms with E-state index in [2.05, 4.69) is 5.32 Å². The second-order valence-electron chi connectivity index (χ2n) is 5.39. The molecule has 1 saturated heterocycles. The summed E-state index contributed by atoms with van der Waals surface area (Å²) in [6, 6.07) is 0.604. The molecule has 0 bridgehead atoms. The first kappa shape index (κ1) is 11.4. The van der Waals surface area contributed by atoms with Crippen molar-refractivity contribution in [2.24, 2.45) is 11.8 Å². The molecule has 0 amide bonds. The van der Waals surface area contributed by atoms with E-state index in [-0.39, 0.29) is 0 Å². The van der Waals surface area contributed by atoms with Crippen LogP contribution in [0.1, 0.15) is 51.4 Å². The van der Waals surface area contributed by atoms with Crippen molar-refractivity contribution in [1.29, 1.82) is 0 Å². The van der Waals surface area contributed by atoms with E-state index in [1.165, 1.54) is 51.4 Å². The van der Waals surface area contributed by atoms with Crippen LogP contribution in [0.5, 0.6) is 0 Å². The topological polar surface area (TPSA) is 32.3 Å². The molecule has 2 fully saturated rings. The van der Waals surface area contributed by atoms with Crippen LogP contribution in [0.4, 0.5) is 0 Å². The zero-order valence-corrected chi connectivity index (χ0v) is 9.75. The lowest BCUT2D eigenvalue weighted by Gasteiger charge is -2.35. The number of nitrogens with one attached hydrogen (secondary N) is 1. The third-order valence-electron chi connectivity index (χ3n) is 4.27. The van der Waals surface area contributed by atoms with E-state index in [0.29, 0.717) is 18.6 Å². The summed E-state index contributed by atoms with van der Waals surface area (Å²) in [5.41, 5.74) is 0. The van der Waals surface area contributed by atoms with Gasteiger partial charge in [0.05, 0.1) is 0 Å². The van der Waals surface area contributed by atoms with Crippen LogP contribution in [0.3, 0.4) is 0 Å². The molecule has 0 aromatic heterocycles. The van der Waals surface area contributed by atoms with Crippen molar-refractivity contribution < 1.29 is 5.11 Å². The monoisotopic (exact) mass is 211 g/mol. The van der Waals surface area contributed by atoms with Gasteiger partial charge in [0.25, 0.3) is 0 Å². The standard InChI is InChI=1S/C13H25NO/c15-10-12-7-4-8-14-13(12)9-11-5-2-1-3-6-11/h11-15H,1-10H2. The molecule has 1 aliphatic carbocycles. The Bertz CT molecular complexity index is 177. The van der Waals surface area contributed by atoms with Gasteiger partial charge in [-0.25, -0.2) is 0 Å². The molecule has 2 N–H and O–H groups in total. The second-order valence-corrected chi connectivity index (χ2v) is 5.39. The molecule has 2 unspecified atom stereocenters. The lowest BCUT2D eigenvalue weighted by molar-refractivity contribution is 0.138. The Balaban J connectivity index is 1.79. The lowest BCUT2D eigenvalue weighted by atomic mass is 9.79. The number of rotatable bonds is 3. The highest BCUT2D eigenvalue weighted by atomic mass is 16.3. The van der Waals surface area contributed by atoms with Gasteiger partial charge in [0.2, 0.25) is 0 Å². The summed E-state index contributed by atoms with van der Waals surface area (Å²) in [5.74, 6) is 1.46. The van der Waals surface area contributed by atoms with Gasteiger partial charge >= 0.3 is 0 Å². The van der Waals surface area contributed by atoms with Crippen molar-refractivity contribution in [3.05, 3.63) is 0 Å². The van der Waals surface area contributed by atoms with E-state index in [0.717, 1.165) is 12.5 Å².